The van der Waals surface area contributed by atoms with Crippen LogP contribution < -0.4 is 5.32 Å². The summed E-state index contributed by atoms with van der Waals surface area (Å²) in [5.74, 6) is -0.127. The van der Waals surface area contributed by atoms with Gasteiger partial charge < -0.3 is 5.32 Å². The minimum absolute atomic E-state index is 0.127. The summed E-state index contributed by atoms with van der Waals surface area (Å²) < 4.78 is 13.1. The molecule has 0 aliphatic heterocycles. The van der Waals surface area contributed by atoms with Gasteiger partial charge in [0, 0.05) is 18.2 Å². The van der Waals surface area contributed by atoms with Crippen LogP contribution in [0.25, 0.3) is 0 Å². The van der Waals surface area contributed by atoms with Crippen LogP contribution in [0.3, 0.4) is 0 Å². The summed E-state index contributed by atoms with van der Waals surface area (Å²) in [5.41, 5.74) is 0.739. The second-order valence-electron chi connectivity index (χ2n) is 3.28. The van der Waals surface area contributed by atoms with E-state index in [1.807, 2.05) is 12.1 Å². The standard InChI is InChI=1S/C11H16FN/c1-3-9(2)13-8-10-6-4-5-7-11(10)12/h4-7,9,13H,3,8H2,1-2H3/t9-/m1/s1. The topological polar surface area (TPSA) is 12.0 Å². The van der Waals surface area contributed by atoms with Gasteiger partial charge in [0.15, 0.2) is 0 Å². The van der Waals surface area contributed by atoms with Crippen LogP contribution in [0.1, 0.15) is 25.8 Å². The van der Waals surface area contributed by atoms with Crippen molar-refractivity contribution in [2.24, 2.45) is 0 Å². The molecule has 1 rings (SSSR count). The van der Waals surface area contributed by atoms with Gasteiger partial charge in [0.2, 0.25) is 0 Å². The van der Waals surface area contributed by atoms with Crippen molar-refractivity contribution in [1.82, 2.24) is 5.32 Å². The Hall–Kier alpha value is -0.890. The van der Waals surface area contributed by atoms with Crippen LogP contribution >= 0.6 is 0 Å². The van der Waals surface area contributed by atoms with Crippen molar-refractivity contribution in [3.63, 3.8) is 0 Å². The quantitative estimate of drug-likeness (QED) is 0.753. The SMILES string of the molecule is CC[C@@H](C)NCc1ccccc1F. The van der Waals surface area contributed by atoms with E-state index in [4.69, 9.17) is 0 Å². The van der Waals surface area contributed by atoms with Gasteiger partial charge in [-0.05, 0) is 19.4 Å². The fourth-order valence-corrected chi connectivity index (χ4v) is 1.07. The van der Waals surface area contributed by atoms with Gasteiger partial charge in [-0.25, -0.2) is 4.39 Å². The number of rotatable bonds is 4. The lowest BCUT2D eigenvalue weighted by atomic mass is 10.2. The predicted molar refractivity (Wildman–Crippen MR) is 53.0 cm³/mol. The van der Waals surface area contributed by atoms with E-state index in [0.29, 0.717) is 12.6 Å². The van der Waals surface area contributed by atoms with Crippen molar-refractivity contribution in [2.45, 2.75) is 32.9 Å². The first-order valence-corrected chi connectivity index (χ1v) is 4.70. The molecule has 0 aromatic heterocycles. The second kappa shape index (κ2) is 4.97. The molecule has 1 atom stereocenters. The molecule has 0 unspecified atom stereocenters. The van der Waals surface area contributed by atoms with E-state index in [9.17, 15) is 4.39 Å². The average Bonchev–Trinajstić information content (AvgIpc) is 2.16. The maximum absolute atomic E-state index is 13.1. The van der Waals surface area contributed by atoms with Crippen LogP contribution in [0, 0.1) is 5.82 Å². The molecule has 0 saturated heterocycles. The maximum atomic E-state index is 13.1. The highest BCUT2D eigenvalue weighted by Gasteiger charge is 2.01. The molecule has 1 nitrogen and oxygen atoms in total. The first kappa shape index (κ1) is 10.2. The molecule has 0 aliphatic rings. The molecule has 13 heavy (non-hydrogen) atoms. The largest absolute Gasteiger partial charge is 0.310 e. The second-order valence-corrected chi connectivity index (χ2v) is 3.28. The van der Waals surface area contributed by atoms with E-state index in [1.165, 1.54) is 6.07 Å². The van der Waals surface area contributed by atoms with Gasteiger partial charge in [-0.15, -0.1) is 0 Å². The van der Waals surface area contributed by atoms with Gasteiger partial charge >= 0.3 is 0 Å². The number of hydrogen-bond donors (Lipinski definition) is 1. The van der Waals surface area contributed by atoms with Crippen molar-refractivity contribution >= 4 is 0 Å². The molecular weight excluding hydrogens is 165 g/mol. The highest BCUT2D eigenvalue weighted by Crippen LogP contribution is 2.06. The van der Waals surface area contributed by atoms with E-state index in [2.05, 4.69) is 19.2 Å². The molecule has 72 valence electrons. The Morgan fingerprint density at radius 3 is 2.69 bits per heavy atom. The highest BCUT2D eigenvalue weighted by atomic mass is 19.1. The van der Waals surface area contributed by atoms with Gasteiger partial charge in [-0.2, -0.15) is 0 Å². The number of halogens is 1. The van der Waals surface area contributed by atoms with Crippen molar-refractivity contribution in [3.05, 3.63) is 35.6 Å². The smallest absolute Gasteiger partial charge is 0.127 e. The zero-order valence-electron chi connectivity index (χ0n) is 8.18. The van der Waals surface area contributed by atoms with Crippen LogP contribution in [0.5, 0.6) is 0 Å². The van der Waals surface area contributed by atoms with Gasteiger partial charge in [-0.3, -0.25) is 0 Å². The van der Waals surface area contributed by atoms with E-state index < -0.39 is 0 Å². The monoisotopic (exact) mass is 181 g/mol. The summed E-state index contributed by atoms with van der Waals surface area (Å²) in [5, 5.41) is 3.25. The molecule has 1 aromatic carbocycles. The van der Waals surface area contributed by atoms with Crippen LogP contribution in [0.4, 0.5) is 4.39 Å². The van der Waals surface area contributed by atoms with E-state index in [0.717, 1.165) is 12.0 Å². The molecule has 0 heterocycles. The Morgan fingerprint density at radius 1 is 1.38 bits per heavy atom. The van der Waals surface area contributed by atoms with Crippen LogP contribution in [-0.2, 0) is 6.54 Å². The Balaban J connectivity index is 2.50. The highest BCUT2D eigenvalue weighted by molar-refractivity contribution is 5.16. The Labute approximate surface area is 79.0 Å². The van der Waals surface area contributed by atoms with Crippen LogP contribution in [0.15, 0.2) is 24.3 Å². The molecule has 1 N–H and O–H groups in total. The summed E-state index contributed by atoms with van der Waals surface area (Å²) in [6.07, 6.45) is 1.06. The zero-order chi connectivity index (χ0) is 9.68. The summed E-state index contributed by atoms with van der Waals surface area (Å²) in [6.45, 7) is 4.82. The van der Waals surface area contributed by atoms with Gasteiger partial charge in [0.1, 0.15) is 5.82 Å². The minimum atomic E-state index is -0.127. The van der Waals surface area contributed by atoms with Gasteiger partial charge in [0.05, 0.1) is 0 Å². The van der Waals surface area contributed by atoms with Gasteiger partial charge in [0.25, 0.3) is 0 Å². The summed E-state index contributed by atoms with van der Waals surface area (Å²) in [7, 11) is 0. The maximum Gasteiger partial charge on any atom is 0.127 e. The fraction of sp³-hybridized carbons (Fsp3) is 0.455. The van der Waals surface area contributed by atoms with Crippen molar-refractivity contribution < 1.29 is 4.39 Å². The van der Waals surface area contributed by atoms with Crippen LogP contribution in [-0.4, -0.2) is 6.04 Å². The predicted octanol–water partition coefficient (Wildman–Crippen LogP) is 2.71. The fourth-order valence-electron chi connectivity index (χ4n) is 1.07. The van der Waals surface area contributed by atoms with Crippen molar-refractivity contribution in [3.8, 4) is 0 Å². The third-order valence-electron chi connectivity index (χ3n) is 2.21. The third kappa shape index (κ3) is 3.15. The summed E-state index contributed by atoms with van der Waals surface area (Å²) in [6, 6.07) is 7.32. The van der Waals surface area contributed by atoms with Crippen molar-refractivity contribution in [2.75, 3.05) is 0 Å². The Morgan fingerprint density at radius 2 is 2.08 bits per heavy atom. The Kier molecular flexibility index (Phi) is 3.90. The normalized spacial score (nSPS) is 12.8. The number of benzene rings is 1. The van der Waals surface area contributed by atoms with E-state index in [1.54, 1.807) is 6.07 Å². The first-order valence-electron chi connectivity index (χ1n) is 4.70. The molecule has 0 aliphatic carbocycles. The molecule has 0 radical (unpaired) electrons. The third-order valence-corrected chi connectivity index (χ3v) is 2.21. The molecule has 0 spiro atoms. The number of nitrogens with one attached hydrogen (secondary N) is 1. The molecule has 0 fully saturated rings. The average molecular weight is 181 g/mol. The molecule has 1 aromatic rings. The first-order chi connectivity index (χ1) is 6.24. The van der Waals surface area contributed by atoms with E-state index >= 15 is 0 Å². The molecule has 0 saturated carbocycles. The van der Waals surface area contributed by atoms with Gasteiger partial charge in [-0.1, -0.05) is 25.1 Å². The lowest BCUT2D eigenvalue weighted by Gasteiger charge is -2.11. The van der Waals surface area contributed by atoms with Crippen LogP contribution in [0.2, 0.25) is 0 Å². The molecule has 2 heteroatoms. The Bertz CT molecular complexity index is 260. The summed E-state index contributed by atoms with van der Waals surface area (Å²) in [4.78, 5) is 0. The minimum Gasteiger partial charge on any atom is -0.310 e. The van der Waals surface area contributed by atoms with E-state index in [-0.39, 0.29) is 5.82 Å². The molecular formula is C11H16FN. The lowest BCUT2D eigenvalue weighted by Crippen LogP contribution is -2.24. The number of hydrogen-bond acceptors (Lipinski definition) is 1. The summed E-state index contributed by atoms with van der Waals surface area (Å²) >= 11 is 0. The molecule has 0 amide bonds. The molecule has 0 bridgehead atoms. The lowest BCUT2D eigenvalue weighted by molar-refractivity contribution is 0.517. The van der Waals surface area contributed by atoms with Crippen molar-refractivity contribution in [1.29, 1.82) is 0 Å². The zero-order valence-corrected chi connectivity index (χ0v) is 8.18.